The fourth-order valence-corrected chi connectivity index (χ4v) is 3.26. The Morgan fingerprint density at radius 1 is 1.35 bits per heavy atom. The third kappa shape index (κ3) is 3.49. The standard InChI is InChI=1S/C17H19BrF2N2O4/c1-17(2,3)26-16(24)21-4-5-22-9(7-21)8-25-14-10(15(22)23)6-11(19)12(18)13(14)20/h6,9H,4-5,7-8H2,1-3H3/t9-/m1/s1. The Balaban J connectivity index is 1.83. The van der Waals surface area contributed by atoms with Crippen LogP contribution >= 0.6 is 15.9 Å². The summed E-state index contributed by atoms with van der Waals surface area (Å²) < 4.78 is 38.6. The van der Waals surface area contributed by atoms with Gasteiger partial charge in [0.05, 0.1) is 16.1 Å². The first-order valence-corrected chi connectivity index (χ1v) is 8.97. The highest BCUT2D eigenvalue weighted by atomic mass is 79.9. The fraction of sp³-hybridized carbons (Fsp3) is 0.529. The second-order valence-corrected chi connectivity index (χ2v) is 8.05. The van der Waals surface area contributed by atoms with Crippen LogP contribution in [0.15, 0.2) is 10.5 Å². The highest BCUT2D eigenvalue weighted by Gasteiger charge is 2.39. The molecule has 0 aliphatic carbocycles. The van der Waals surface area contributed by atoms with Crippen molar-refractivity contribution in [3.05, 3.63) is 27.7 Å². The van der Waals surface area contributed by atoms with E-state index >= 15 is 0 Å². The van der Waals surface area contributed by atoms with Gasteiger partial charge in [-0.05, 0) is 42.8 Å². The monoisotopic (exact) mass is 432 g/mol. The Hall–Kier alpha value is -1.90. The van der Waals surface area contributed by atoms with Crippen LogP contribution in [-0.2, 0) is 4.74 Å². The Kier molecular flexibility index (Phi) is 4.85. The Morgan fingerprint density at radius 2 is 2.04 bits per heavy atom. The van der Waals surface area contributed by atoms with E-state index < -0.39 is 35.3 Å². The van der Waals surface area contributed by atoms with E-state index in [0.29, 0.717) is 0 Å². The minimum atomic E-state index is -0.947. The molecule has 1 fully saturated rings. The number of halogens is 3. The summed E-state index contributed by atoms with van der Waals surface area (Å²) in [5, 5.41) is 0. The average molecular weight is 433 g/mol. The number of benzene rings is 1. The summed E-state index contributed by atoms with van der Waals surface area (Å²) >= 11 is 2.81. The van der Waals surface area contributed by atoms with Crippen LogP contribution in [-0.4, -0.2) is 59.7 Å². The van der Waals surface area contributed by atoms with Crippen LogP contribution in [0, 0.1) is 11.6 Å². The van der Waals surface area contributed by atoms with Crippen molar-refractivity contribution in [3.63, 3.8) is 0 Å². The molecule has 0 unspecified atom stereocenters. The molecular formula is C17H19BrF2N2O4. The molecule has 1 aromatic rings. The lowest BCUT2D eigenvalue weighted by Crippen LogP contribution is -2.58. The molecule has 2 aliphatic heterocycles. The van der Waals surface area contributed by atoms with Crippen molar-refractivity contribution in [2.24, 2.45) is 0 Å². The summed E-state index contributed by atoms with van der Waals surface area (Å²) in [6.45, 7) is 5.99. The van der Waals surface area contributed by atoms with Gasteiger partial charge in [0, 0.05) is 19.6 Å². The minimum absolute atomic E-state index is 0.00691. The SMILES string of the molecule is CC(C)(C)OC(=O)N1CCN2C(=O)c3cc(F)c(Br)c(F)c3OC[C@H]2C1. The first-order valence-electron chi connectivity index (χ1n) is 8.17. The number of carbonyl (C=O) groups excluding carboxylic acids is 2. The Labute approximate surface area is 158 Å². The zero-order valence-corrected chi connectivity index (χ0v) is 16.2. The molecule has 2 heterocycles. The van der Waals surface area contributed by atoms with E-state index in [-0.39, 0.29) is 42.0 Å². The van der Waals surface area contributed by atoms with Crippen LogP contribution in [0.2, 0.25) is 0 Å². The molecule has 0 spiro atoms. The van der Waals surface area contributed by atoms with Crippen molar-refractivity contribution in [2.45, 2.75) is 32.4 Å². The van der Waals surface area contributed by atoms with Gasteiger partial charge in [0.25, 0.3) is 5.91 Å². The van der Waals surface area contributed by atoms with Gasteiger partial charge in [0.2, 0.25) is 0 Å². The van der Waals surface area contributed by atoms with Crippen molar-refractivity contribution in [1.29, 1.82) is 0 Å². The number of ether oxygens (including phenoxy) is 2. The predicted molar refractivity (Wildman–Crippen MR) is 92.2 cm³/mol. The van der Waals surface area contributed by atoms with E-state index in [1.54, 1.807) is 20.8 Å². The quantitative estimate of drug-likeness (QED) is 0.590. The maximum Gasteiger partial charge on any atom is 0.410 e. The lowest BCUT2D eigenvalue weighted by molar-refractivity contribution is 0.000860. The van der Waals surface area contributed by atoms with E-state index in [2.05, 4.69) is 15.9 Å². The smallest absolute Gasteiger partial charge is 0.410 e. The molecule has 1 saturated heterocycles. The van der Waals surface area contributed by atoms with Gasteiger partial charge < -0.3 is 19.3 Å². The molecule has 1 atom stereocenters. The summed E-state index contributed by atoms with van der Waals surface area (Å²) in [7, 11) is 0. The molecule has 142 valence electrons. The summed E-state index contributed by atoms with van der Waals surface area (Å²) in [6, 6.07) is 0.491. The minimum Gasteiger partial charge on any atom is -0.487 e. The summed E-state index contributed by atoms with van der Waals surface area (Å²) in [6.07, 6.45) is -0.480. The lowest BCUT2D eigenvalue weighted by atomic mass is 10.1. The van der Waals surface area contributed by atoms with E-state index in [1.165, 1.54) is 9.80 Å². The third-order valence-electron chi connectivity index (χ3n) is 4.16. The van der Waals surface area contributed by atoms with Gasteiger partial charge in [-0.3, -0.25) is 4.79 Å². The van der Waals surface area contributed by atoms with Crippen molar-refractivity contribution in [2.75, 3.05) is 26.2 Å². The number of hydrogen-bond donors (Lipinski definition) is 0. The molecule has 0 radical (unpaired) electrons. The van der Waals surface area contributed by atoms with Crippen LogP contribution < -0.4 is 4.74 Å². The molecule has 3 rings (SSSR count). The van der Waals surface area contributed by atoms with E-state index in [0.717, 1.165) is 6.07 Å². The van der Waals surface area contributed by atoms with Gasteiger partial charge in [-0.15, -0.1) is 0 Å². The van der Waals surface area contributed by atoms with Gasteiger partial charge in [0.1, 0.15) is 18.0 Å². The van der Waals surface area contributed by atoms with Crippen LogP contribution in [0.5, 0.6) is 5.75 Å². The van der Waals surface area contributed by atoms with Crippen LogP contribution in [0.4, 0.5) is 13.6 Å². The number of nitrogens with zero attached hydrogens (tertiary/aromatic N) is 2. The number of fused-ring (bicyclic) bond motifs is 2. The Morgan fingerprint density at radius 3 is 2.69 bits per heavy atom. The molecule has 2 aliphatic rings. The number of hydrogen-bond acceptors (Lipinski definition) is 4. The summed E-state index contributed by atoms with van der Waals surface area (Å²) in [5.74, 6) is -2.61. The maximum absolute atomic E-state index is 14.3. The van der Waals surface area contributed by atoms with Crippen LogP contribution in [0.3, 0.4) is 0 Å². The normalized spacial score (nSPS) is 20.1. The second kappa shape index (κ2) is 6.68. The average Bonchev–Trinajstić information content (AvgIpc) is 2.69. The summed E-state index contributed by atoms with van der Waals surface area (Å²) in [4.78, 5) is 28.0. The van der Waals surface area contributed by atoms with E-state index in [4.69, 9.17) is 9.47 Å². The van der Waals surface area contributed by atoms with E-state index in [9.17, 15) is 18.4 Å². The van der Waals surface area contributed by atoms with Gasteiger partial charge in [-0.1, -0.05) is 0 Å². The van der Waals surface area contributed by atoms with Gasteiger partial charge in [-0.2, -0.15) is 0 Å². The highest BCUT2D eigenvalue weighted by molar-refractivity contribution is 9.10. The molecular weight excluding hydrogens is 414 g/mol. The molecule has 1 aromatic carbocycles. The zero-order valence-electron chi connectivity index (χ0n) is 14.6. The van der Waals surface area contributed by atoms with E-state index in [1.807, 2.05) is 0 Å². The number of rotatable bonds is 0. The number of amides is 2. The number of carbonyl (C=O) groups is 2. The van der Waals surface area contributed by atoms with Gasteiger partial charge in [0.15, 0.2) is 11.6 Å². The maximum atomic E-state index is 14.3. The molecule has 9 heteroatoms. The molecule has 2 amide bonds. The fourth-order valence-electron chi connectivity index (χ4n) is 2.97. The zero-order chi connectivity index (χ0) is 19.2. The lowest BCUT2D eigenvalue weighted by Gasteiger charge is -2.40. The highest BCUT2D eigenvalue weighted by Crippen LogP contribution is 2.35. The molecule has 6 nitrogen and oxygen atoms in total. The van der Waals surface area contributed by atoms with Gasteiger partial charge in [-0.25, -0.2) is 13.6 Å². The van der Waals surface area contributed by atoms with Crippen molar-refractivity contribution in [1.82, 2.24) is 9.80 Å². The summed E-state index contributed by atoms with van der Waals surface area (Å²) in [5.41, 5.74) is -0.788. The van der Waals surface area contributed by atoms with Gasteiger partial charge >= 0.3 is 6.09 Å². The number of piperazine rings is 1. The van der Waals surface area contributed by atoms with Crippen LogP contribution in [0.1, 0.15) is 31.1 Å². The first-order chi connectivity index (χ1) is 12.1. The van der Waals surface area contributed by atoms with Crippen molar-refractivity contribution < 1.29 is 27.8 Å². The largest absolute Gasteiger partial charge is 0.487 e. The molecule has 26 heavy (non-hydrogen) atoms. The molecule has 0 N–H and O–H groups in total. The van der Waals surface area contributed by atoms with Crippen LogP contribution in [0.25, 0.3) is 0 Å². The Bertz CT molecular complexity index is 766. The van der Waals surface area contributed by atoms with Crippen molar-refractivity contribution >= 4 is 27.9 Å². The topological polar surface area (TPSA) is 59.1 Å². The molecule has 0 bridgehead atoms. The third-order valence-corrected chi connectivity index (χ3v) is 4.89. The first kappa shape index (κ1) is 18.9. The molecule has 0 aromatic heterocycles. The second-order valence-electron chi connectivity index (χ2n) is 7.25. The predicted octanol–water partition coefficient (Wildman–Crippen LogP) is 3.18. The van der Waals surface area contributed by atoms with Crippen molar-refractivity contribution in [3.8, 4) is 5.75 Å². The molecule has 0 saturated carbocycles.